The maximum atomic E-state index is 12.8. The minimum absolute atomic E-state index is 0.0869. The highest BCUT2D eigenvalue weighted by Crippen LogP contribution is 2.56. The number of rotatable bonds is 12. The van der Waals surface area contributed by atoms with Gasteiger partial charge in [-0.25, -0.2) is 0 Å². The van der Waals surface area contributed by atoms with Gasteiger partial charge < -0.3 is 9.05 Å². The third-order valence-electron chi connectivity index (χ3n) is 3.10. The van der Waals surface area contributed by atoms with Crippen molar-refractivity contribution in [2.45, 2.75) is 78.3 Å². The molecule has 0 aliphatic heterocycles. The average Bonchev–Trinajstić information content (AvgIpc) is 2.34. The van der Waals surface area contributed by atoms with Crippen LogP contribution >= 0.6 is 7.60 Å². The van der Waals surface area contributed by atoms with Crippen LogP contribution in [0.25, 0.3) is 0 Å². The second kappa shape index (κ2) is 11.0. The van der Waals surface area contributed by atoms with Crippen molar-refractivity contribution in [2.24, 2.45) is 0 Å². The molecule has 0 aliphatic carbocycles. The first-order valence-electron chi connectivity index (χ1n) is 7.53. The molecule has 0 aromatic carbocycles. The molecule has 0 saturated carbocycles. The summed E-state index contributed by atoms with van der Waals surface area (Å²) < 4.78 is 23.8. The largest absolute Gasteiger partial charge is 0.333 e. The molecule has 0 N–H and O–H groups in total. The molecule has 0 bridgehead atoms. The topological polar surface area (TPSA) is 35.5 Å². The molecule has 110 valence electrons. The van der Waals surface area contributed by atoms with Gasteiger partial charge in [0, 0.05) is 0 Å². The summed E-state index contributed by atoms with van der Waals surface area (Å²) in [4.78, 5) is 0. The fraction of sp³-hybridized carbons (Fsp3) is 1.00. The third-order valence-corrected chi connectivity index (χ3v) is 5.74. The molecule has 0 heterocycles. The van der Waals surface area contributed by atoms with E-state index in [-0.39, 0.29) is 5.66 Å². The average molecular weight is 278 g/mol. The Kier molecular flexibility index (Phi) is 11.1. The lowest BCUT2D eigenvalue weighted by molar-refractivity contribution is 0.208. The highest BCUT2D eigenvalue weighted by molar-refractivity contribution is 7.54. The van der Waals surface area contributed by atoms with Gasteiger partial charge in [0.15, 0.2) is 0 Å². The minimum atomic E-state index is -2.90. The zero-order valence-corrected chi connectivity index (χ0v) is 13.5. The lowest BCUT2D eigenvalue weighted by Gasteiger charge is -2.26. The van der Waals surface area contributed by atoms with Crippen molar-refractivity contribution in [2.75, 3.05) is 13.2 Å². The molecule has 0 radical (unpaired) electrons. The van der Waals surface area contributed by atoms with Crippen molar-refractivity contribution in [3.8, 4) is 0 Å². The molecule has 18 heavy (non-hydrogen) atoms. The van der Waals surface area contributed by atoms with Crippen molar-refractivity contribution >= 4 is 7.60 Å². The van der Waals surface area contributed by atoms with Crippen LogP contribution in [0, 0.1) is 0 Å². The Morgan fingerprint density at radius 3 is 1.78 bits per heavy atom. The van der Waals surface area contributed by atoms with Gasteiger partial charge in [-0.3, -0.25) is 4.57 Å². The van der Waals surface area contributed by atoms with Gasteiger partial charge in [0.05, 0.1) is 18.9 Å². The third kappa shape index (κ3) is 6.92. The SMILES string of the molecule is CCCCCC(CCCC)P(=O)(OCC)OCC. The van der Waals surface area contributed by atoms with E-state index in [0.29, 0.717) is 13.2 Å². The molecular formula is C14H31O3P. The van der Waals surface area contributed by atoms with Crippen LogP contribution in [0.4, 0.5) is 0 Å². The summed E-state index contributed by atoms with van der Waals surface area (Å²) in [6.45, 7) is 9.05. The molecule has 1 unspecified atom stereocenters. The molecule has 1 atom stereocenters. The Morgan fingerprint density at radius 2 is 1.33 bits per heavy atom. The summed E-state index contributed by atoms with van der Waals surface area (Å²) in [5.74, 6) is 0. The molecule has 0 spiro atoms. The van der Waals surface area contributed by atoms with E-state index >= 15 is 0 Å². The van der Waals surface area contributed by atoms with Gasteiger partial charge in [-0.05, 0) is 26.7 Å². The van der Waals surface area contributed by atoms with Crippen LogP contribution in [0.2, 0.25) is 0 Å². The van der Waals surface area contributed by atoms with Gasteiger partial charge in [-0.1, -0.05) is 46.0 Å². The van der Waals surface area contributed by atoms with Crippen LogP contribution in [0.3, 0.4) is 0 Å². The molecule has 0 aliphatic rings. The van der Waals surface area contributed by atoms with E-state index in [4.69, 9.17) is 9.05 Å². The van der Waals surface area contributed by atoms with Crippen LogP contribution in [-0.2, 0) is 13.6 Å². The van der Waals surface area contributed by atoms with E-state index in [2.05, 4.69) is 13.8 Å². The van der Waals surface area contributed by atoms with Crippen LogP contribution in [0.15, 0.2) is 0 Å². The fourth-order valence-electron chi connectivity index (χ4n) is 2.14. The smallest absolute Gasteiger partial charge is 0.309 e. The van der Waals surface area contributed by atoms with Crippen molar-refractivity contribution in [3.05, 3.63) is 0 Å². The summed E-state index contributed by atoms with van der Waals surface area (Å²) in [6.07, 6.45) is 7.65. The summed E-state index contributed by atoms with van der Waals surface area (Å²) in [5, 5.41) is 0. The van der Waals surface area contributed by atoms with E-state index in [9.17, 15) is 4.57 Å². The van der Waals surface area contributed by atoms with Gasteiger partial charge in [0.1, 0.15) is 0 Å². The van der Waals surface area contributed by atoms with Crippen LogP contribution in [0.1, 0.15) is 72.6 Å². The Balaban J connectivity index is 4.57. The first-order valence-corrected chi connectivity index (χ1v) is 9.14. The molecule has 0 fully saturated rings. The second-order valence-corrected chi connectivity index (χ2v) is 6.99. The predicted octanol–water partition coefficient (Wildman–Crippen LogP) is 5.39. The molecule has 0 aromatic heterocycles. The first-order chi connectivity index (χ1) is 8.64. The van der Waals surface area contributed by atoms with E-state index in [1.165, 1.54) is 12.8 Å². The quantitative estimate of drug-likeness (QED) is 0.354. The number of hydrogen-bond acceptors (Lipinski definition) is 3. The minimum Gasteiger partial charge on any atom is -0.309 e. The summed E-state index contributed by atoms with van der Waals surface area (Å²) >= 11 is 0. The lowest BCUT2D eigenvalue weighted by Crippen LogP contribution is -2.14. The second-order valence-electron chi connectivity index (χ2n) is 4.67. The van der Waals surface area contributed by atoms with Crippen LogP contribution in [-0.4, -0.2) is 18.9 Å². The molecule has 0 rings (SSSR count). The van der Waals surface area contributed by atoms with Crippen LogP contribution < -0.4 is 0 Å². The van der Waals surface area contributed by atoms with Gasteiger partial charge >= 0.3 is 7.60 Å². The highest BCUT2D eigenvalue weighted by Gasteiger charge is 2.34. The summed E-state index contributed by atoms with van der Waals surface area (Å²) in [7, 11) is -2.90. The number of unbranched alkanes of at least 4 members (excludes halogenated alkanes) is 3. The Hall–Kier alpha value is 0.150. The number of hydrogen-bond donors (Lipinski definition) is 0. The van der Waals surface area contributed by atoms with E-state index in [0.717, 1.165) is 32.1 Å². The monoisotopic (exact) mass is 278 g/mol. The van der Waals surface area contributed by atoms with Gasteiger partial charge in [0.2, 0.25) is 0 Å². The van der Waals surface area contributed by atoms with E-state index < -0.39 is 7.60 Å². The van der Waals surface area contributed by atoms with Crippen molar-refractivity contribution in [1.82, 2.24) is 0 Å². The predicted molar refractivity (Wildman–Crippen MR) is 78.3 cm³/mol. The summed E-state index contributed by atoms with van der Waals surface area (Å²) in [6, 6.07) is 0. The molecule has 0 aromatic rings. The summed E-state index contributed by atoms with van der Waals surface area (Å²) in [5.41, 5.74) is 0.0869. The van der Waals surface area contributed by atoms with Gasteiger partial charge in [0.25, 0.3) is 0 Å². The lowest BCUT2D eigenvalue weighted by atomic mass is 10.1. The van der Waals surface area contributed by atoms with Crippen LogP contribution in [0.5, 0.6) is 0 Å². The fourth-order valence-corrected chi connectivity index (χ4v) is 4.35. The first kappa shape index (κ1) is 18.1. The Morgan fingerprint density at radius 1 is 0.833 bits per heavy atom. The molecule has 0 amide bonds. The Bertz CT molecular complexity index is 221. The zero-order valence-electron chi connectivity index (χ0n) is 12.6. The van der Waals surface area contributed by atoms with Gasteiger partial charge in [-0.2, -0.15) is 0 Å². The van der Waals surface area contributed by atoms with Gasteiger partial charge in [-0.15, -0.1) is 0 Å². The van der Waals surface area contributed by atoms with Crippen molar-refractivity contribution in [1.29, 1.82) is 0 Å². The normalized spacial score (nSPS) is 13.8. The van der Waals surface area contributed by atoms with Crippen molar-refractivity contribution < 1.29 is 13.6 Å². The highest BCUT2D eigenvalue weighted by atomic mass is 31.2. The van der Waals surface area contributed by atoms with E-state index in [1.54, 1.807) is 0 Å². The zero-order chi connectivity index (χ0) is 13.9. The maximum Gasteiger partial charge on any atom is 0.333 e. The molecular weight excluding hydrogens is 247 g/mol. The Labute approximate surface area is 113 Å². The molecule has 0 saturated heterocycles. The van der Waals surface area contributed by atoms with Crippen molar-refractivity contribution in [3.63, 3.8) is 0 Å². The molecule has 4 heteroatoms. The maximum absolute atomic E-state index is 12.8. The van der Waals surface area contributed by atoms with E-state index in [1.807, 2.05) is 13.8 Å². The molecule has 3 nitrogen and oxygen atoms in total. The standard InChI is InChI=1S/C14H31O3P/c1-5-9-11-13-14(12-10-6-2)18(15,16-7-3)17-8-4/h14H,5-13H2,1-4H3.